The van der Waals surface area contributed by atoms with Crippen molar-refractivity contribution in [3.8, 4) is 0 Å². The summed E-state index contributed by atoms with van der Waals surface area (Å²) in [6, 6.07) is -0.486. The topological polar surface area (TPSA) is 82.2 Å². The first kappa shape index (κ1) is 14.8. The van der Waals surface area contributed by atoms with Gasteiger partial charge in [-0.1, -0.05) is 6.42 Å². The Balaban J connectivity index is 1.98. The molecule has 0 bridgehead atoms. The van der Waals surface area contributed by atoms with Gasteiger partial charge in [0.05, 0.1) is 6.34 Å². The van der Waals surface area contributed by atoms with Crippen molar-refractivity contribution in [2.24, 2.45) is 10.7 Å². The molecule has 0 saturated carbocycles. The first-order valence-electron chi connectivity index (χ1n) is 7.02. The van der Waals surface area contributed by atoms with E-state index >= 15 is 0 Å². The average Bonchev–Trinajstić information content (AvgIpc) is 2.77. The van der Waals surface area contributed by atoms with E-state index < -0.39 is 0 Å². The highest BCUT2D eigenvalue weighted by molar-refractivity contribution is 6.01. The molecule has 0 radical (unpaired) electrons. The molecular weight excluding hydrogens is 258 g/mol. The molecule has 7 nitrogen and oxygen atoms in total. The molecule has 20 heavy (non-hydrogen) atoms. The normalized spacial score (nSPS) is 27.3. The maximum Gasteiger partial charge on any atom is 0.328 e. The summed E-state index contributed by atoms with van der Waals surface area (Å²) in [4.78, 5) is 33.5. The maximum atomic E-state index is 12.4. The van der Waals surface area contributed by atoms with E-state index in [1.807, 2.05) is 14.0 Å². The summed E-state index contributed by atoms with van der Waals surface area (Å²) in [6.45, 7) is 2.41. The molecule has 0 aromatic carbocycles. The van der Waals surface area contributed by atoms with Crippen LogP contribution < -0.4 is 5.73 Å². The molecule has 0 aromatic heterocycles. The monoisotopic (exact) mass is 281 g/mol. The van der Waals surface area contributed by atoms with Gasteiger partial charge in [-0.25, -0.2) is 9.79 Å². The number of rotatable bonds is 5. The molecule has 1 saturated heterocycles. The van der Waals surface area contributed by atoms with Gasteiger partial charge < -0.3 is 15.5 Å². The Morgan fingerprint density at radius 3 is 2.70 bits per heavy atom. The third-order valence-corrected chi connectivity index (χ3v) is 3.86. The van der Waals surface area contributed by atoms with Crippen LogP contribution in [-0.2, 0) is 4.79 Å². The van der Waals surface area contributed by atoms with E-state index in [9.17, 15) is 9.59 Å². The fourth-order valence-electron chi connectivity index (χ4n) is 2.65. The lowest BCUT2D eigenvalue weighted by atomic mass is 10.1. The lowest BCUT2D eigenvalue weighted by Crippen LogP contribution is -2.64. The fraction of sp³-hybridized carbons (Fsp3) is 0.769. The summed E-state index contributed by atoms with van der Waals surface area (Å²) in [5.41, 5.74) is 5.70. The van der Waals surface area contributed by atoms with Gasteiger partial charge in [0.15, 0.2) is 12.2 Å². The zero-order valence-electron chi connectivity index (χ0n) is 12.3. The first-order valence-corrected chi connectivity index (χ1v) is 7.02. The van der Waals surface area contributed by atoms with Crippen molar-refractivity contribution < 1.29 is 9.59 Å². The number of nitrogens with zero attached hydrogens (tertiary/aromatic N) is 4. The number of aliphatic imine (C=N–C) groups is 1. The number of urea groups is 1. The van der Waals surface area contributed by atoms with Gasteiger partial charge >= 0.3 is 6.03 Å². The van der Waals surface area contributed by atoms with Crippen molar-refractivity contribution in [2.75, 3.05) is 20.6 Å². The summed E-state index contributed by atoms with van der Waals surface area (Å²) in [6.07, 6.45) is 3.84. The van der Waals surface area contributed by atoms with E-state index in [1.165, 1.54) is 9.80 Å². The molecular formula is C13H23N5O2. The van der Waals surface area contributed by atoms with Crippen LogP contribution in [0, 0.1) is 0 Å². The second kappa shape index (κ2) is 5.78. The largest absolute Gasteiger partial charge is 0.351 e. The molecule has 3 amide bonds. The van der Waals surface area contributed by atoms with Crippen LogP contribution in [0.3, 0.4) is 0 Å². The van der Waals surface area contributed by atoms with Gasteiger partial charge in [-0.2, -0.15) is 0 Å². The zero-order valence-corrected chi connectivity index (χ0v) is 12.3. The Morgan fingerprint density at radius 1 is 1.35 bits per heavy atom. The van der Waals surface area contributed by atoms with Gasteiger partial charge in [0, 0.05) is 26.7 Å². The number of hydrogen-bond donors (Lipinski definition) is 1. The van der Waals surface area contributed by atoms with E-state index in [4.69, 9.17) is 5.73 Å². The van der Waals surface area contributed by atoms with Crippen LogP contribution in [0.25, 0.3) is 0 Å². The van der Waals surface area contributed by atoms with Crippen LogP contribution in [0.1, 0.15) is 26.2 Å². The van der Waals surface area contributed by atoms with Gasteiger partial charge in [0.1, 0.15) is 0 Å². The summed E-state index contributed by atoms with van der Waals surface area (Å²) in [5, 5.41) is 0. The Bertz CT molecular complexity index is 423. The summed E-state index contributed by atoms with van der Waals surface area (Å²) >= 11 is 0. The Morgan fingerprint density at radius 2 is 2.05 bits per heavy atom. The van der Waals surface area contributed by atoms with Crippen molar-refractivity contribution in [3.63, 3.8) is 0 Å². The van der Waals surface area contributed by atoms with Gasteiger partial charge in [0.2, 0.25) is 0 Å². The third kappa shape index (κ3) is 2.63. The van der Waals surface area contributed by atoms with Gasteiger partial charge in [-0.15, -0.1) is 0 Å². The highest BCUT2D eigenvalue weighted by Gasteiger charge is 2.48. The minimum Gasteiger partial charge on any atom is -0.351 e. The van der Waals surface area contributed by atoms with E-state index in [2.05, 4.69) is 4.99 Å². The molecule has 3 atom stereocenters. The van der Waals surface area contributed by atoms with Gasteiger partial charge in [-0.3, -0.25) is 9.69 Å². The molecule has 2 heterocycles. The lowest BCUT2D eigenvalue weighted by molar-refractivity contribution is -0.137. The van der Waals surface area contributed by atoms with Crippen molar-refractivity contribution in [1.29, 1.82) is 0 Å². The maximum absolute atomic E-state index is 12.4. The van der Waals surface area contributed by atoms with E-state index in [-0.39, 0.29) is 30.2 Å². The number of nitrogens with two attached hydrogens (primary N) is 1. The molecule has 112 valence electrons. The SMILES string of the molecule is CC(N)CCCCN1C(=O)C2C(N=CN2C)N(C)C1=O. The minimum absolute atomic E-state index is 0.154. The minimum atomic E-state index is -0.389. The molecule has 2 N–H and O–H groups in total. The highest BCUT2D eigenvalue weighted by atomic mass is 16.2. The molecule has 1 fully saturated rings. The molecule has 2 aliphatic rings. The van der Waals surface area contributed by atoms with Crippen LogP contribution in [0.2, 0.25) is 0 Å². The summed E-state index contributed by atoms with van der Waals surface area (Å²) in [7, 11) is 3.50. The van der Waals surface area contributed by atoms with E-state index in [0.29, 0.717) is 6.54 Å². The molecule has 2 rings (SSSR count). The van der Waals surface area contributed by atoms with Crippen LogP contribution in [0.5, 0.6) is 0 Å². The zero-order chi connectivity index (χ0) is 14.9. The lowest BCUT2D eigenvalue weighted by Gasteiger charge is -2.40. The first-order chi connectivity index (χ1) is 9.43. The highest BCUT2D eigenvalue weighted by Crippen LogP contribution is 2.24. The number of hydrogen-bond acceptors (Lipinski definition) is 5. The van der Waals surface area contributed by atoms with Crippen molar-refractivity contribution >= 4 is 18.3 Å². The number of carbonyl (C=O) groups is 2. The Hall–Kier alpha value is -1.63. The van der Waals surface area contributed by atoms with Gasteiger partial charge in [-0.05, 0) is 19.8 Å². The van der Waals surface area contributed by atoms with Crippen LogP contribution >= 0.6 is 0 Å². The number of unbranched alkanes of at least 4 members (excludes halogenated alkanes) is 1. The fourth-order valence-corrected chi connectivity index (χ4v) is 2.65. The standard InChI is InChI=1S/C13H23N5O2/c1-9(14)6-4-5-7-18-12(19)10-11(15-8-16(10)2)17(3)13(18)20/h8-11H,4-7,14H2,1-3H3. The quantitative estimate of drug-likeness (QED) is 0.723. The molecule has 0 aliphatic carbocycles. The number of amides is 3. The Labute approximate surface area is 119 Å². The average molecular weight is 281 g/mol. The predicted octanol–water partition coefficient (Wildman–Crippen LogP) is 0.0663. The van der Waals surface area contributed by atoms with Crippen LogP contribution in [-0.4, -0.2) is 71.9 Å². The summed E-state index contributed by atoms with van der Waals surface area (Å²) in [5.74, 6) is -0.154. The number of likely N-dealkylation sites (N-methyl/N-ethyl adjacent to an activating group) is 2. The number of fused-ring (bicyclic) bond motifs is 1. The van der Waals surface area contributed by atoms with Crippen LogP contribution in [0.15, 0.2) is 4.99 Å². The Kier molecular flexibility index (Phi) is 4.27. The van der Waals surface area contributed by atoms with E-state index in [1.54, 1.807) is 18.3 Å². The third-order valence-electron chi connectivity index (χ3n) is 3.86. The van der Waals surface area contributed by atoms with E-state index in [0.717, 1.165) is 19.3 Å². The predicted molar refractivity (Wildman–Crippen MR) is 76.2 cm³/mol. The molecule has 0 aromatic rings. The second-order valence-electron chi connectivity index (χ2n) is 5.64. The molecule has 0 spiro atoms. The molecule has 7 heteroatoms. The summed E-state index contributed by atoms with van der Waals surface area (Å²) < 4.78 is 0. The van der Waals surface area contributed by atoms with Crippen molar-refractivity contribution in [2.45, 2.75) is 44.4 Å². The van der Waals surface area contributed by atoms with Crippen LogP contribution in [0.4, 0.5) is 4.79 Å². The van der Waals surface area contributed by atoms with Gasteiger partial charge in [0.25, 0.3) is 5.91 Å². The number of carbonyl (C=O) groups excluding carboxylic acids is 2. The second-order valence-corrected chi connectivity index (χ2v) is 5.64. The number of imide groups is 1. The van der Waals surface area contributed by atoms with Crippen molar-refractivity contribution in [3.05, 3.63) is 0 Å². The smallest absolute Gasteiger partial charge is 0.328 e. The van der Waals surface area contributed by atoms with Crippen molar-refractivity contribution in [1.82, 2.24) is 14.7 Å². The molecule has 2 aliphatic heterocycles. The molecule has 3 unspecified atom stereocenters.